The average Bonchev–Trinajstić information content (AvgIpc) is 2.85. The van der Waals surface area contributed by atoms with Crippen LogP contribution in [-0.4, -0.2) is 33.9 Å². The third-order valence-electron chi connectivity index (χ3n) is 5.05. The molecule has 1 aliphatic carbocycles. The van der Waals surface area contributed by atoms with Gasteiger partial charge in [-0.05, 0) is 43.6 Å². The molecule has 0 spiro atoms. The fourth-order valence-electron chi connectivity index (χ4n) is 3.66. The number of primary amides is 1. The van der Waals surface area contributed by atoms with Gasteiger partial charge in [0.05, 0.1) is 17.6 Å². The van der Waals surface area contributed by atoms with Crippen molar-refractivity contribution in [2.24, 2.45) is 23.3 Å². The van der Waals surface area contributed by atoms with Gasteiger partial charge in [0.1, 0.15) is 0 Å². The maximum absolute atomic E-state index is 11.8. The first-order valence-corrected chi connectivity index (χ1v) is 8.31. The van der Waals surface area contributed by atoms with Gasteiger partial charge >= 0.3 is 0 Å². The lowest BCUT2D eigenvalue weighted by Gasteiger charge is -2.33. The summed E-state index contributed by atoms with van der Waals surface area (Å²) in [4.78, 5) is 11.8. The van der Waals surface area contributed by atoms with E-state index in [1.165, 1.54) is 0 Å². The Bertz CT molecular complexity index is 522. The number of hydrogen-bond acceptors (Lipinski definition) is 4. The van der Waals surface area contributed by atoms with Crippen LogP contribution in [0.25, 0.3) is 0 Å². The molecule has 5 nitrogen and oxygen atoms in total. The van der Waals surface area contributed by atoms with Crippen molar-refractivity contribution in [1.29, 1.82) is 0 Å². The van der Waals surface area contributed by atoms with E-state index in [4.69, 9.17) is 11.5 Å². The van der Waals surface area contributed by atoms with Crippen LogP contribution in [0, 0.1) is 11.8 Å². The molecule has 23 heavy (non-hydrogen) atoms. The van der Waals surface area contributed by atoms with E-state index in [-0.39, 0.29) is 6.42 Å². The predicted molar refractivity (Wildman–Crippen MR) is 89.4 cm³/mol. The largest absolute Gasteiger partial charge is 0.391 e. The van der Waals surface area contributed by atoms with E-state index in [1.54, 1.807) is 0 Å². The van der Waals surface area contributed by atoms with E-state index in [9.17, 15) is 15.0 Å². The minimum absolute atomic E-state index is 0.104. The van der Waals surface area contributed by atoms with Crippen LogP contribution in [0.4, 0.5) is 0 Å². The SMILES string of the molecule is CC1CCC(O)([C@H](C[C@H](O)[C@@H](N)Cc2ccccc2)C(N)=O)C1. The predicted octanol–water partition coefficient (Wildman–Crippen LogP) is 0.960. The normalized spacial score (nSPS) is 28.3. The van der Waals surface area contributed by atoms with Crippen molar-refractivity contribution in [3.05, 3.63) is 35.9 Å². The first kappa shape index (κ1) is 17.9. The molecule has 1 aliphatic rings. The minimum Gasteiger partial charge on any atom is -0.391 e. The molecule has 0 radical (unpaired) electrons. The summed E-state index contributed by atoms with van der Waals surface area (Å²) in [6, 6.07) is 9.16. The summed E-state index contributed by atoms with van der Waals surface area (Å²) in [5.74, 6) is -0.964. The Hall–Kier alpha value is -1.43. The molecule has 0 aromatic heterocycles. The van der Waals surface area contributed by atoms with Gasteiger partial charge in [0.15, 0.2) is 0 Å². The average molecular weight is 320 g/mol. The molecular formula is C18H28N2O3. The van der Waals surface area contributed by atoms with E-state index in [0.717, 1.165) is 12.0 Å². The summed E-state index contributed by atoms with van der Waals surface area (Å²) in [7, 11) is 0. The van der Waals surface area contributed by atoms with E-state index < -0.39 is 29.6 Å². The highest BCUT2D eigenvalue weighted by molar-refractivity contribution is 5.78. The van der Waals surface area contributed by atoms with Gasteiger partial charge in [0.2, 0.25) is 5.91 Å². The Labute approximate surface area is 137 Å². The Kier molecular flexibility index (Phi) is 5.79. The fraction of sp³-hybridized carbons (Fsp3) is 0.611. The van der Waals surface area contributed by atoms with E-state index in [1.807, 2.05) is 37.3 Å². The van der Waals surface area contributed by atoms with Crippen molar-refractivity contribution in [3.63, 3.8) is 0 Å². The quantitative estimate of drug-likeness (QED) is 0.600. The highest BCUT2D eigenvalue weighted by Crippen LogP contribution is 2.41. The van der Waals surface area contributed by atoms with Crippen LogP contribution in [0.5, 0.6) is 0 Å². The minimum atomic E-state index is -1.11. The summed E-state index contributed by atoms with van der Waals surface area (Å²) < 4.78 is 0. The Morgan fingerprint density at radius 2 is 2.04 bits per heavy atom. The second-order valence-corrected chi connectivity index (χ2v) is 7.06. The number of benzene rings is 1. The lowest BCUT2D eigenvalue weighted by molar-refractivity contribution is -0.134. The van der Waals surface area contributed by atoms with Gasteiger partial charge in [-0.15, -0.1) is 0 Å². The summed E-state index contributed by atoms with van der Waals surface area (Å²) in [6.45, 7) is 2.05. The van der Waals surface area contributed by atoms with Crippen molar-refractivity contribution in [2.75, 3.05) is 0 Å². The molecule has 1 saturated carbocycles. The third-order valence-corrected chi connectivity index (χ3v) is 5.05. The zero-order valence-electron chi connectivity index (χ0n) is 13.7. The summed E-state index contributed by atoms with van der Waals surface area (Å²) >= 11 is 0. The Morgan fingerprint density at radius 3 is 2.57 bits per heavy atom. The number of nitrogens with two attached hydrogens (primary N) is 2. The van der Waals surface area contributed by atoms with Gasteiger partial charge in [0, 0.05) is 6.04 Å². The molecule has 0 aliphatic heterocycles. The highest BCUT2D eigenvalue weighted by Gasteiger charge is 2.46. The maximum Gasteiger partial charge on any atom is 0.223 e. The van der Waals surface area contributed by atoms with Crippen molar-refractivity contribution >= 4 is 5.91 Å². The van der Waals surface area contributed by atoms with Crippen LogP contribution >= 0.6 is 0 Å². The van der Waals surface area contributed by atoms with Gasteiger partial charge in [0.25, 0.3) is 0 Å². The number of hydrogen-bond donors (Lipinski definition) is 4. The number of aliphatic hydroxyl groups is 2. The lowest BCUT2D eigenvalue weighted by Crippen LogP contribution is -2.48. The molecule has 1 aromatic carbocycles. The first-order chi connectivity index (χ1) is 10.8. The van der Waals surface area contributed by atoms with E-state index >= 15 is 0 Å². The standard InChI is InChI=1S/C18H28N2O3/c1-12-7-8-18(23,11-12)14(17(20)22)10-16(21)15(19)9-13-5-3-2-4-6-13/h2-6,12,14-16,21,23H,7-11,19H2,1H3,(H2,20,22)/t12?,14-,15+,16+,18?/m1/s1. The van der Waals surface area contributed by atoms with Crippen molar-refractivity contribution in [1.82, 2.24) is 0 Å². The third kappa shape index (κ3) is 4.53. The number of carbonyl (C=O) groups is 1. The summed E-state index contributed by atoms with van der Waals surface area (Å²) in [6.07, 6.45) is 1.69. The fourth-order valence-corrected chi connectivity index (χ4v) is 3.66. The highest BCUT2D eigenvalue weighted by atomic mass is 16.3. The number of carbonyl (C=O) groups excluding carboxylic acids is 1. The smallest absolute Gasteiger partial charge is 0.223 e. The van der Waals surface area contributed by atoms with E-state index in [0.29, 0.717) is 25.2 Å². The van der Waals surface area contributed by atoms with Crippen LogP contribution in [-0.2, 0) is 11.2 Å². The molecule has 6 N–H and O–H groups in total. The van der Waals surface area contributed by atoms with Crippen molar-refractivity contribution < 1.29 is 15.0 Å². The summed E-state index contributed by atoms with van der Waals surface area (Å²) in [5.41, 5.74) is 11.5. The van der Waals surface area contributed by atoms with Crippen LogP contribution in [0.2, 0.25) is 0 Å². The zero-order chi connectivity index (χ0) is 17.0. The molecule has 1 amide bonds. The lowest BCUT2D eigenvalue weighted by atomic mass is 9.79. The van der Waals surface area contributed by atoms with Gasteiger partial charge in [-0.2, -0.15) is 0 Å². The maximum atomic E-state index is 11.8. The summed E-state index contributed by atoms with van der Waals surface area (Å²) in [5, 5.41) is 21.2. The monoisotopic (exact) mass is 320 g/mol. The van der Waals surface area contributed by atoms with Crippen molar-refractivity contribution in [3.8, 4) is 0 Å². The van der Waals surface area contributed by atoms with E-state index in [2.05, 4.69) is 0 Å². The number of amides is 1. The molecule has 0 saturated heterocycles. The molecule has 0 bridgehead atoms. The Balaban J connectivity index is 2.00. The second-order valence-electron chi connectivity index (χ2n) is 7.06. The molecule has 2 unspecified atom stereocenters. The van der Waals surface area contributed by atoms with Gasteiger partial charge in [-0.25, -0.2) is 0 Å². The second kappa shape index (κ2) is 7.43. The first-order valence-electron chi connectivity index (χ1n) is 8.31. The zero-order valence-corrected chi connectivity index (χ0v) is 13.7. The van der Waals surface area contributed by atoms with Crippen LogP contribution in [0.1, 0.15) is 38.2 Å². The molecule has 1 fully saturated rings. The van der Waals surface area contributed by atoms with Gasteiger partial charge in [-0.3, -0.25) is 4.79 Å². The van der Waals surface area contributed by atoms with Crippen LogP contribution in [0.3, 0.4) is 0 Å². The topological polar surface area (TPSA) is 110 Å². The molecule has 5 atom stereocenters. The van der Waals surface area contributed by atoms with Crippen molar-refractivity contribution in [2.45, 2.75) is 56.8 Å². The number of aliphatic hydroxyl groups excluding tert-OH is 1. The molecule has 0 heterocycles. The van der Waals surface area contributed by atoms with Crippen LogP contribution in [0.15, 0.2) is 30.3 Å². The Morgan fingerprint density at radius 1 is 1.39 bits per heavy atom. The molecular weight excluding hydrogens is 292 g/mol. The van der Waals surface area contributed by atoms with Gasteiger partial charge < -0.3 is 21.7 Å². The molecule has 128 valence electrons. The van der Waals surface area contributed by atoms with Crippen LogP contribution < -0.4 is 11.5 Å². The number of rotatable bonds is 7. The molecule has 2 rings (SSSR count). The van der Waals surface area contributed by atoms with Gasteiger partial charge in [-0.1, -0.05) is 37.3 Å². The molecule has 5 heteroatoms. The molecule has 1 aromatic rings.